The van der Waals surface area contributed by atoms with Gasteiger partial charge in [0.15, 0.2) is 5.78 Å². The molecule has 0 amide bonds. The second-order valence-electron chi connectivity index (χ2n) is 6.91. The van der Waals surface area contributed by atoms with Gasteiger partial charge in [0.1, 0.15) is 0 Å². The summed E-state index contributed by atoms with van der Waals surface area (Å²) in [4.78, 5) is 21.9. The third-order valence-corrected chi connectivity index (χ3v) is 6.46. The van der Waals surface area contributed by atoms with Gasteiger partial charge in [-0.15, -0.1) is 0 Å². The number of hydrogen-bond acceptors (Lipinski definition) is 3. The molecular weight excluding hydrogens is 343 g/mol. The van der Waals surface area contributed by atoms with Gasteiger partial charge in [0.05, 0.1) is 20.9 Å². The van der Waals surface area contributed by atoms with E-state index in [4.69, 9.17) is 23.2 Å². The Kier molecular flexibility index (Phi) is 3.89. The molecule has 4 rings (SSSR count). The first-order valence-corrected chi connectivity index (χ1v) is 9.11. The highest BCUT2D eigenvalue weighted by atomic mass is 35.5. The lowest BCUT2D eigenvalue weighted by Crippen LogP contribution is -2.56. The van der Waals surface area contributed by atoms with Crippen LogP contribution in [0.3, 0.4) is 0 Å². The fraction of sp³-hybridized carbons (Fsp3) is 0.421. The minimum absolute atomic E-state index is 0.272. The third-order valence-electron chi connectivity index (χ3n) is 5.86. The first kappa shape index (κ1) is 16.0. The van der Waals surface area contributed by atoms with Crippen molar-refractivity contribution in [1.29, 1.82) is 0 Å². The van der Waals surface area contributed by atoms with Crippen LogP contribution >= 0.6 is 23.2 Å². The molecular formula is C19H18Cl2N2O. The maximum atomic E-state index is 13.8. The summed E-state index contributed by atoms with van der Waals surface area (Å²) in [5.74, 6) is 0.272. The number of carbonyl (C=O) groups is 1. The van der Waals surface area contributed by atoms with Crippen molar-refractivity contribution in [3.8, 4) is 0 Å². The molecule has 2 fully saturated rings. The van der Waals surface area contributed by atoms with Gasteiger partial charge >= 0.3 is 0 Å². The SMILES string of the molecule is O=C(C1(c2ccncc2Cl)CCC1)C1(c2ccncc2Cl)CCC1. The zero-order valence-electron chi connectivity index (χ0n) is 13.3. The van der Waals surface area contributed by atoms with Gasteiger partial charge in [-0.2, -0.15) is 0 Å². The number of Topliss-reactive ketones (excluding diaryl/α,β-unsaturated/α-hetero) is 1. The van der Waals surface area contributed by atoms with E-state index in [0.29, 0.717) is 10.0 Å². The molecule has 0 unspecified atom stereocenters. The molecule has 124 valence electrons. The Labute approximate surface area is 151 Å². The zero-order valence-corrected chi connectivity index (χ0v) is 14.8. The van der Waals surface area contributed by atoms with Crippen molar-refractivity contribution in [3.63, 3.8) is 0 Å². The Morgan fingerprint density at radius 3 is 1.54 bits per heavy atom. The van der Waals surface area contributed by atoms with Gasteiger partial charge in [0, 0.05) is 24.8 Å². The van der Waals surface area contributed by atoms with Crippen molar-refractivity contribution in [3.05, 3.63) is 58.1 Å². The zero-order chi connectivity index (χ0) is 16.8. The van der Waals surface area contributed by atoms with Gasteiger partial charge in [-0.1, -0.05) is 36.0 Å². The predicted octanol–water partition coefficient (Wildman–Crippen LogP) is 4.90. The molecule has 0 spiro atoms. The molecule has 0 aliphatic heterocycles. The molecule has 0 aromatic carbocycles. The molecule has 0 bridgehead atoms. The fourth-order valence-electron chi connectivity index (χ4n) is 4.28. The minimum Gasteiger partial charge on any atom is -0.298 e. The first-order valence-electron chi connectivity index (χ1n) is 8.35. The smallest absolute Gasteiger partial charge is 0.153 e. The molecule has 0 atom stereocenters. The Balaban J connectivity index is 1.82. The summed E-state index contributed by atoms with van der Waals surface area (Å²) in [6.07, 6.45) is 12.2. The van der Waals surface area contributed by atoms with Crippen molar-refractivity contribution >= 4 is 29.0 Å². The normalized spacial score (nSPS) is 20.8. The molecule has 2 aromatic rings. The van der Waals surface area contributed by atoms with E-state index < -0.39 is 10.8 Å². The maximum Gasteiger partial charge on any atom is 0.153 e. The minimum atomic E-state index is -0.493. The second kappa shape index (κ2) is 5.82. The van der Waals surface area contributed by atoms with Crippen molar-refractivity contribution in [2.75, 3.05) is 0 Å². The van der Waals surface area contributed by atoms with E-state index >= 15 is 0 Å². The van der Waals surface area contributed by atoms with E-state index in [1.807, 2.05) is 12.1 Å². The number of aromatic nitrogens is 2. The summed E-state index contributed by atoms with van der Waals surface area (Å²) in [7, 11) is 0. The van der Waals surface area contributed by atoms with Gasteiger partial charge in [-0.05, 0) is 48.9 Å². The molecule has 0 radical (unpaired) electrons. The molecule has 3 nitrogen and oxygen atoms in total. The summed E-state index contributed by atoms with van der Waals surface area (Å²) in [6, 6.07) is 3.81. The van der Waals surface area contributed by atoms with Crippen LogP contribution in [0.4, 0.5) is 0 Å². The highest BCUT2D eigenvalue weighted by Crippen LogP contribution is 2.56. The van der Waals surface area contributed by atoms with E-state index in [9.17, 15) is 4.79 Å². The molecule has 2 heterocycles. The molecule has 0 N–H and O–H groups in total. The second-order valence-corrected chi connectivity index (χ2v) is 7.73. The summed E-state index contributed by atoms with van der Waals surface area (Å²) in [5.41, 5.74) is 0.860. The Hall–Kier alpha value is -1.45. The van der Waals surface area contributed by atoms with Crippen LogP contribution in [-0.2, 0) is 15.6 Å². The highest BCUT2D eigenvalue weighted by molar-refractivity contribution is 6.32. The monoisotopic (exact) mass is 360 g/mol. The lowest BCUT2D eigenvalue weighted by molar-refractivity contribution is -0.137. The van der Waals surface area contributed by atoms with Crippen LogP contribution < -0.4 is 0 Å². The predicted molar refractivity (Wildman–Crippen MR) is 94.6 cm³/mol. The molecule has 24 heavy (non-hydrogen) atoms. The van der Waals surface area contributed by atoms with Gasteiger partial charge in [-0.3, -0.25) is 14.8 Å². The number of rotatable bonds is 4. The highest BCUT2D eigenvalue weighted by Gasteiger charge is 2.57. The lowest BCUT2D eigenvalue weighted by Gasteiger charge is -2.51. The molecule has 5 heteroatoms. The van der Waals surface area contributed by atoms with Crippen molar-refractivity contribution in [2.24, 2.45) is 0 Å². The quantitative estimate of drug-likeness (QED) is 0.778. The number of hydrogen-bond donors (Lipinski definition) is 0. The number of pyridine rings is 2. The Morgan fingerprint density at radius 1 is 0.833 bits per heavy atom. The van der Waals surface area contributed by atoms with Crippen LogP contribution in [0.2, 0.25) is 10.0 Å². The maximum absolute atomic E-state index is 13.8. The Morgan fingerprint density at radius 2 is 1.25 bits per heavy atom. The molecule has 2 aromatic heterocycles. The first-order chi connectivity index (χ1) is 11.6. The number of ketones is 1. The van der Waals surface area contributed by atoms with Crippen LogP contribution in [0.1, 0.15) is 49.7 Å². The van der Waals surface area contributed by atoms with E-state index in [0.717, 1.165) is 49.7 Å². The summed E-state index contributed by atoms with van der Waals surface area (Å²) >= 11 is 12.8. The van der Waals surface area contributed by atoms with E-state index in [-0.39, 0.29) is 5.78 Å². The van der Waals surface area contributed by atoms with Crippen molar-refractivity contribution in [2.45, 2.75) is 49.4 Å². The van der Waals surface area contributed by atoms with Gasteiger partial charge in [-0.25, -0.2) is 0 Å². The third kappa shape index (κ3) is 2.14. The van der Waals surface area contributed by atoms with Crippen LogP contribution in [0, 0.1) is 0 Å². The Bertz CT molecular complexity index is 732. The van der Waals surface area contributed by atoms with Gasteiger partial charge < -0.3 is 0 Å². The van der Waals surface area contributed by atoms with Crippen LogP contribution in [0.25, 0.3) is 0 Å². The van der Waals surface area contributed by atoms with Crippen molar-refractivity contribution < 1.29 is 4.79 Å². The molecule has 0 saturated heterocycles. The van der Waals surface area contributed by atoms with Crippen molar-refractivity contribution in [1.82, 2.24) is 9.97 Å². The topological polar surface area (TPSA) is 42.9 Å². The number of carbonyl (C=O) groups excluding carboxylic acids is 1. The number of nitrogens with zero attached hydrogens (tertiary/aromatic N) is 2. The average molecular weight is 361 g/mol. The fourth-order valence-corrected chi connectivity index (χ4v) is 4.88. The molecule has 2 aliphatic carbocycles. The molecule has 2 saturated carbocycles. The van der Waals surface area contributed by atoms with E-state index in [1.165, 1.54) is 0 Å². The van der Waals surface area contributed by atoms with Gasteiger partial charge in [0.2, 0.25) is 0 Å². The summed E-state index contributed by atoms with van der Waals surface area (Å²) in [5, 5.41) is 1.17. The van der Waals surface area contributed by atoms with Gasteiger partial charge in [0.25, 0.3) is 0 Å². The summed E-state index contributed by atoms with van der Waals surface area (Å²) in [6.45, 7) is 0. The van der Waals surface area contributed by atoms with E-state index in [1.54, 1.807) is 24.8 Å². The summed E-state index contributed by atoms with van der Waals surface area (Å²) < 4.78 is 0. The van der Waals surface area contributed by atoms with Crippen LogP contribution in [0.5, 0.6) is 0 Å². The lowest BCUT2D eigenvalue weighted by atomic mass is 9.50. The number of halogens is 2. The largest absolute Gasteiger partial charge is 0.298 e. The van der Waals surface area contributed by atoms with Crippen LogP contribution in [-0.4, -0.2) is 15.8 Å². The van der Waals surface area contributed by atoms with Crippen LogP contribution in [0.15, 0.2) is 36.9 Å². The molecule has 2 aliphatic rings. The average Bonchev–Trinajstić information content (AvgIpc) is 2.49. The van der Waals surface area contributed by atoms with E-state index in [2.05, 4.69) is 9.97 Å². The standard InChI is InChI=1S/C19H18Cl2N2O/c20-15-11-22-9-3-13(15)18(5-1-6-18)17(24)19(7-2-8-19)14-4-10-23-12-16(14)21/h3-4,9-12H,1-2,5-8H2.